The maximum absolute atomic E-state index is 11.6. The SMILES string of the molecule is O=C(COc1ccc(Br)cc1)NCCOCc1ccccc1. The minimum atomic E-state index is -0.161. The predicted octanol–water partition coefficient (Wildman–Crippen LogP) is 3.16. The van der Waals surface area contributed by atoms with Crippen LogP contribution in [0.15, 0.2) is 59.1 Å². The van der Waals surface area contributed by atoms with Crippen molar-refractivity contribution in [2.24, 2.45) is 0 Å². The molecule has 0 bridgehead atoms. The molecule has 0 saturated heterocycles. The molecule has 0 fully saturated rings. The van der Waals surface area contributed by atoms with Gasteiger partial charge in [-0.15, -0.1) is 0 Å². The first-order chi connectivity index (χ1) is 10.7. The second kappa shape index (κ2) is 9.23. The third kappa shape index (κ3) is 6.28. The molecule has 1 N–H and O–H groups in total. The van der Waals surface area contributed by atoms with E-state index in [1.807, 2.05) is 42.5 Å². The van der Waals surface area contributed by atoms with Gasteiger partial charge in [0.25, 0.3) is 5.91 Å². The number of hydrogen-bond donors (Lipinski definition) is 1. The van der Waals surface area contributed by atoms with Crippen LogP contribution in [0.1, 0.15) is 5.56 Å². The predicted molar refractivity (Wildman–Crippen MR) is 88.7 cm³/mol. The van der Waals surface area contributed by atoms with Crippen LogP contribution in [0.5, 0.6) is 5.75 Å². The maximum Gasteiger partial charge on any atom is 0.258 e. The molecule has 2 rings (SSSR count). The lowest BCUT2D eigenvalue weighted by molar-refractivity contribution is -0.123. The first-order valence-corrected chi connectivity index (χ1v) is 7.80. The van der Waals surface area contributed by atoms with Crippen LogP contribution < -0.4 is 10.1 Å². The van der Waals surface area contributed by atoms with E-state index in [9.17, 15) is 4.79 Å². The maximum atomic E-state index is 11.6. The van der Waals surface area contributed by atoms with Gasteiger partial charge in [0.2, 0.25) is 0 Å². The van der Waals surface area contributed by atoms with Crippen molar-refractivity contribution < 1.29 is 14.3 Å². The van der Waals surface area contributed by atoms with E-state index in [0.717, 1.165) is 10.0 Å². The highest BCUT2D eigenvalue weighted by Crippen LogP contribution is 2.15. The molecule has 2 aromatic carbocycles. The third-order valence-electron chi connectivity index (χ3n) is 2.86. The van der Waals surface area contributed by atoms with Gasteiger partial charge in [-0.2, -0.15) is 0 Å². The standard InChI is InChI=1S/C17H18BrNO3/c18-15-6-8-16(9-7-15)22-13-17(20)19-10-11-21-12-14-4-2-1-3-5-14/h1-9H,10-13H2,(H,19,20). The fourth-order valence-electron chi connectivity index (χ4n) is 1.76. The van der Waals surface area contributed by atoms with Crippen molar-refractivity contribution in [1.82, 2.24) is 5.32 Å². The molecule has 0 aromatic heterocycles. The van der Waals surface area contributed by atoms with Gasteiger partial charge in [0.1, 0.15) is 5.75 Å². The number of carbonyl (C=O) groups is 1. The minimum Gasteiger partial charge on any atom is -0.484 e. The van der Waals surface area contributed by atoms with E-state index in [1.165, 1.54) is 0 Å². The van der Waals surface area contributed by atoms with Gasteiger partial charge in [0, 0.05) is 11.0 Å². The molecular formula is C17H18BrNO3. The highest BCUT2D eigenvalue weighted by Gasteiger charge is 2.02. The first-order valence-electron chi connectivity index (χ1n) is 7.01. The molecule has 1 amide bonds. The van der Waals surface area contributed by atoms with Crippen molar-refractivity contribution in [3.63, 3.8) is 0 Å². The number of ether oxygens (including phenoxy) is 2. The summed E-state index contributed by atoms with van der Waals surface area (Å²) >= 11 is 3.34. The normalized spacial score (nSPS) is 10.2. The Kier molecular flexibility index (Phi) is 6.93. The Bertz CT molecular complexity index is 572. The number of halogens is 1. The van der Waals surface area contributed by atoms with Crippen LogP contribution >= 0.6 is 15.9 Å². The van der Waals surface area contributed by atoms with Gasteiger partial charge in [-0.3, -0.25) is 4.79 Å². The number of amides is 1. The van der Waals surface area contributed by atoms with Crippen molar-refractivity contribution >= 4 is 21.8 Å². The molecule has 0 aliphatic heterocycles. The van der Waals surface area contributed by atoms with Crippen LogP contribution in [0, 0.1) is 0 Å². The Hall–Kier alpha value is -1.85. The molecular weight excluding hydrogens is 346 g/mol. The molecule has 0 spiro atoms. The molecule has 0 atom stereocenters. The van der Waals surface area contributed by atoms with E-state index >= 15 is 0 Å². The smallest absolute Gasteiger partial charge is 0.258 e. The molecule has 116 valence electrons. The average molecular weight is 364 g/mol. The van der Waals surface area contributed by atoms with E-state index < -0.39 is 0 Å². The monoisotopic (exact) mass is 363 g/mol. The molecule has 0 aliphatic carbocycles. The van der Waals surface area contributed by atoms with Gasteiger partial charge >= 0.3 is 0 Å². The summed E-state index contributed by atoms with van der Waals surface area (Å²) in [4.78, 5) is 11.6. The Labute approximate surface area is 138 Å². The lowest BCUT2D eigenvalue weighted by Gasteiger charge is -2.08. The first kappa shape index (κ1) is 16.5. The lowest BCUT2D eigenvalue weighted by Crippen LogP contribution is -2.31. The highest BCUT2D eigenvalue weighted by atomic mass is 79.9. The van der Waals surface area contributed by atoms with E-state index in [-0.39, 0.29) is 12.5 Å². The minimum absolute atomic E-state index is 0.000315. The van der Waals surface area contributed by atoms with Gasteiger partial charge in [-0.1, -0.05) is 46.3 Å². The summed E-state index contributed by atoms with van der Waals surface area (Å²) in [6, 6.07) is 17.3. The third-order valence-corrected chi connectivity index (χ3v) is 3.39. The summed E-state index contributed by atoms with van der Waals surface area (Å²) in [6.45, 7) is 1.49. The Morgan fingerprint density at radius 1 is 1.05 bits per heavy atom. The molecule has 0 aliphatic rings. The number of benzene rings is 2. The topological polar surface area (TPSA) is 47.6 Å². The van der Waals surface area contributed by atoms with Crippen LogP contribution in [0.3, 0.4) is 0 Å². The van der Waals surface area contributed by atoms with Gasteiger partial charge < -0.3 is 14.8 Å². The van der Waals surface area contributed by atoms with Crippen LogP contribution in [0.2, 0.25) is 0 Å². The van der Waals surface area contributed by atoms with E-state index in [1.54, 1.807) is 12.1 Å². The molecule has 0 radical (unpaired) electrons. The van der Waals surface area contributed by atoms with Crippen molar-refractivity contribution in [3.05, 3.63) is 64.6 Å². The zero-order chi connectivity index (χ0) is 15.6. The van der Waals surface area contributed by atoms with Crippen LogP contribution in [0.25, 0.3) is 0 Å². The zero-order valence-electron chi connectivity index (χ0n) is 12.1. The Morgan fingerprint density at radius 2 is 1.77 bits per heavy atom. The largest absolute Gasteiger partial charge is 0.484 e. The van der Waals surface area contributed by atoms with Crippen molar-refractivity contribution in [1.29, 1.82) is 0 Å². The Balaban J connectivity index is 1.55. The average Bonchev–Trinajstić information content (AvgIpc) is 2.55. The van der Waals surface area contributed by atoms with E-state index in [4.69, 9.17) is 9.47 Å². The zero-order valence-corrected chi connectivity index (χ0v) is 13.7. The molecule has 2 aromatic rings. The van der Waals surface area contributed by atoms with Crippen LogP contribution in [-0.4, -0.2) is 25.7 Å². The van der Waals surface area contributed by atoms with Gasteiger partial charge in [-0.05, 0) is 29.8 Å². The summed E-state index contributed by atoms with van der Waals surface area (Å²) in [6.07, 6.45) is 0. The molecule has 0 heterocycles. The van der Waals surface area contributed by atoms with Gasteiger partial charge in [0.05, 0.1) is 13.2 Å². The van der Waals surface area contributed by atoms with Crippen molar-refractivity contribution in [2.45, 2.75) is 6.61 Å². The fraction of sp³-hybridized carbons (Fsp3) is 0.235. The summed E-state index contributed by atoms with van der Waals surface area (Å²) < 4.78 is 11.8. The summed E-state index contributed by atoms with van der Waals surface area (Å²) in [5.41, 5.74) is 1.12. The highest BCUT2D eigenvalue weighted by molar-refractivity contribution is 9.10. The number of rotatable bonds is 8. The van der Waals surface area contributed by atoms with E-state index in [0.29, 0.717) is 25.5 Å². The summed E-state index contributed by atoms with van der Waals surface area (Å²) in [5.74, 6) is 0.505. The second-order valence-electron chi connectivity index (χ2n) is 4.63. The summed E-state index contributed by atoms with van der Waals surface area (Å²) in [7, 11) is 0. The number of nitrogens with one attached hydrogen (secondary N) is 1. The lowest BCUT2D eigenvalue weighted by atomic mass is 10.2. The number of hydrogen-bond acceptors (Lipinski definition) is 3. The number of carbonyl (C=O) groups excluding carboxylic acids is 1. The van der Waals surface area contributed by atoms with Crippen molar-refractivity contribution in [3.8, 4) is 5.75 Å². The molecule has 0 unspecified atom stereocenters. The van der Waals surface area contributed by atoms with Crippen molar-refractivity contribution in [2.75, 3.05) is 19.8 Å². The quantitative estimate of drug-likeness (QED) is 0.732. The summed E-state index contributed by atoms with van der Waals surface area (Å²) in [5, 5.41) is 2.75. The van der Waals surface area contributed by atoms with Crippen LogP contribution in [0.4, 0.5) is 0 Å². The molecule has 22 heavy (non-hydrogen) atoms. The molecule has 5 heteroatoms. The van der Waals surface area contributed by atoms with E-state index in [2.05, 4.69) is 21.2 Å². The second-order valence-corrected chi connectivity index (χ2v) is 5.55. The van der Waals surface area contributed by atoms with Gasteiger partial charge in [0.15, 0.2) is 6.61 Å². The molecule has 0 saturated carbocycles. The fourth-order valence-corrected chi connectivity index (χ4v) is 2.02. The molecule has 4 nitrogen and oxygen atoms in total. The Morgan fingerprint density at radius 3 is 2.50 bits per heavy atom. The van der Waals surface area contributed by atoms with Gasteiger partial charge in [-0.25, -0.2) is 0 Å². The van der Waals surface area contributed by atoms with Crippen LogP contribution in [-0.2, 0) is 16.1 Å².